The zero-order valence-electron chi connectivity index (χ0n) is 10.7. The summed E-state index contributed by atoms with van der Waals surface area (Å²) in [5.41, 5.74) is 3.24. The lowest BCUT2D eigenvalue weighted by atomic mass is 9.77. The summed E-state index contributed by atoms with van der Waals surface area (Å²) in [7, 11) is 0. The number of hydrogen-bond acceptors (Lipinski definition) is 3. The van der Waals surface area contributed by atoms with Gasteiger partial charge in [-0.2, -0.15) is 0 Å². The molecule has 0 aromatic heterocycles. The molecule has 2 fully saturated rings. The highest BCUT2D eigenvalue weighted by Crippen LogP contribution is 2.43. The molecule has 0 aromatic rings. The average molecular weight is 226 g/mol. The van der Waals surface area contributed by atoms with Crippen LogP contribution < -0.4 is 11.3 Å². The fraction of sp³-hybridized carbons (Fsp3) is 1.00. The zero-order chi connectivity index (χ0) is 11.6. The first-order chi connectivity index (χ1) is 7.67. The van der Waals surface area contributed by atoms with Crippen LogP contribution in [0.15, 0.2) is 0 Å². The second-order valence-electron chi connectivity index (χ2n) is 5.93. The third-order valence-electron chi connectivity index (χ3n) is 4.46. The normalized spacial score (nSPS) is 31.1. The molecule has 2 atom stereocenters. The summed E-state index contributed by atoms with van der Waals surface area (Å²) in [4.78, 5) is 0. The van der Waals surface area contributed by atoms with E-state index in [2.05, 4.69) is 19.3 Å². The van der Waals surface area contributed by atoms with Crippen LogP contribution in [0.1, 0.15) is 52.4 Å². The molecular formula is C13H26N2O. The van der Waals surface area contributed by atoms with Crippen molar-refractivity contribution in [3.8, 4) is 0 Å². The van der Waals surface area contributed by atoms with Gasteiger partial charge in [-0.3, -0.25) is 11.3 Å². The van der Waals surface area contributed by atoms with Crippen LogP contribution in [0.2, 0.25) is 0 Å². The van der Waals surface area contributed by atoms with Crippen molar-refractivity contribution in [2.45, 2.75) is 64.0 Å². The van der Waals surface area contributed by atoms with Crippen molar-refractivity contribution < 1.29 is 4.74 Å². The van der Waals surface area contributed by atoms with Crippen LogP contribution in [0.5, 0.6) is 0 Å². The molecule has 3 heteroatoms. The fourth-order valence-corrected chi connectivity index (χ4v) is 3.61. The van der Waals surface area contributed by atoms with Crippen molar-refractivity contribution >= 4 is 0 Å². The Morgan fingerprint density at radius 2 is 2.00 bits per heavy atom. The van der Waals surface area contributed by atoms with Gasteiger partial charge < -0.3 is 4.74 Å². The van der Waals surface area contributed by atoms with Gasteiger partial charge in [-0.05, 0) is 37.5 Å². The molecule has 0 amide bonds. The first kappa shape index (κ1) is 12.3. The largest absolute Gasteiger partial charge is 0.375 e. The van der Waals surface area contributed by atoms with E-state index in [1.165, 1.54) is 32.1 Å². The smallest absolute Gasteiger partial charge is 0.0685 e. The predicted molar refractivity (Wildman–Crippen MR) is 65.8 cm³/mol. The van der Waals surface area contributed by atoms with Gasteiger partial charge in [-0.1, -0.05) is 26.7 Å². The van der Waals surface area contributed by atoms with E-state index in [-0.39, 0.29) is 5.60 Å². The molecule has 1 aliphatic carbocycles. The molecule has 1 spiro atoms. The third kappa shape index (κ3) is 2.41. The first-order valence-electron chi connectivity index (χ1n) is 6.77. The van der Waals surface area contributed by atoms with Crippen LogP contribution in [0.3, 0.4) is 0 Å². The molecular weight excluding hydrogens is 200 g/mol. The minimum absolute atomic E-state index is 0.215. The van der Waals surface area contributed by atoms with Crippen LogP contribution in [0.4, 0.5) is 0 Å². The first-order valence-corrected chi connectivity index (χ1v) is 6.77. The van der Waals surface area contributed by atoms with Crippen LogP contribution in [-0.2, 0) is 4.74 Å². The lowest BCUT2D eigenvalue weighted by Crippen LogP contribution is -2.50. The van der Waals surface area contributed by atoms with Gasteiger partial charge in [-0.25, -0.2) is 0 Å². The molecule has 0 aromatic carbocycles. The average Bonchev–Trinajstić information content (AvgIpc) is 2.67. The summed E-state index contributed by atoms with van der Waals surface area (Å²) in [5.74, 6) is 7.00. The summed E-state index contributed by atoms with van der Waals surface area (Å²) >= 11 is 0. The molecule has 1 saturated carbocycles. The summed E-state index contributed by atoms with van der Waals surface area (Å²) in [5, 5.41) is 0. The maximum absolute atomic E-state index is 6.06. The van der Waals surface area contributed by atoms with E-state index in [0.717, 1.165) is 13.0 Å². The van der Waals surface area contributed by atoms with E-state index in [0.29, 0.717) is 17.9 Å². The summed E-state index contributed by atoms with van der Waals surface area (Å²) < 4.78 is 6.06. The number of rotatable bonds is 3. The minimum Gasteiger partial charge on any atom is -0.375 e. The Balaban J connectivity index is 2.00. The van der Waals surface area contributed by atoms with E-state index >= 15 is 0 Å². The third-order valence-corrected chi connectivity index (χ3v) is 4.46. The number of hydrogen-bond donors (Lipinski definition) is 2. The van der Waals surface area contributed by atoms with Crippen molar-refractivity contribution in [1.29, 1.82) is 0 Å². The van der Waals surface area contributed by atoms with Crippen LogP contribution in [0.25, 0.3) is 0 Å². The molecule has 3 nitrogen and oxygen atoms in total. The summed E-state index contributed by atoms with van der Waals surface area (Å²) in [6.45, 7) is 5.43. The van der Waals surface area contributed by atoms with Crippen LogP contribution in [-0.4, -0.2) is 18.2 Å². The van der Waals surface area contributed by atoms with E-state index in [1.54, 1.807) is 0 Å². The highest BCUT2D eigenvalue weighted by atomic mass is 16.5. The highest BCUT2D eigenvalue weighted by Gasteiger charge is 2.42. The number of nitrogens with one attached hydrogen (secondary N) is 1. The molecule has 94 valence electrons. The fourth-order valence-electron chi connectivity index (χ4n) is 3.61. The van der Waals surface area contributed by atoms with E-state index < -0.39 is 0 Å². The second kappa shape index (κ2) is 5.03. The number of nitrogens with two attached hydrogens (primary N) is 1. The topological polar surface area (TPSA) is 47.3 Å². The standard InChI is InChI=1S/C13H26N2O/c1-10(2)12(15-14)11-5-8-16-13(9-11)6-3-4-7-13/h10-12,15H,3-9,14H2,1-2H3. The molecule has 3 N–H and O–H groups in total. The van der Waals surface area contributed by atoms with Crippen LogP contribution >= 0.6 is 0 Å². The van der Waals surface area contributed by atoms with E-state index in [4.69, 9.17) is 10.6 Å². The van der Waals surface area contributed by atoms with Gasteiger partial charge in [-0.15, -0.1) is 0 Å². The molecule has 16 heavy (non-hydrogen) atoms. The van der Waals surface area contributed by atoms with Gasteiger partial charge in [0, 0.05) is 12.6 Å². The van der Waals surface area contributed by atoms with Crippen molar-refractivity contribution in [2.75, 3.05) is 6.61 Å². The van der Waals surface area contributed by atoms with E-state index in [1.807, 2.05) is 0 Å². The van der Waals surface area contributed by atoms with Gasteiger partial charge >= 0.3 is 0 Å². The Kier molecular flexibility index (Phi) is 3.88. The maximum Gasteiger partial charge on any atom is 0.0685 e. The lowest BCUT2D eigenvalue weighted by molar-refractivity contribution is -0.100. The van der Waals surface area contributed by atoms with Crippen molar-refractivity contribution in [2.24, 2.45) is 17.7 Å². The Morgan fingerprint density at radius 1 is 1.31 bits per heavy atom. The molecule has 2 unspecified atom stereocenters. The van der Waals surface area contributed by atoms with Crippen molar-refractivity contribution in [3.63, 3.8) is 0 Å². The second-order valence-corrected chi connectivity index (χ2v) is 5.93. The summed E-state index contributed by atoms with van der Waals surface area (Å²) in [6, 6.07) is 0.446. The molecule has 1 saturated heterocycles. The molecule has 0 radical (unpaired) electrons. The zero-order valence-corrected chi connectivity index (χ0v) is 10.7. The Morgan fingerprint density at radius 3 is 2.56 bits per heavy atom. The van der Waals surface area contributed by atoms with Crippen LogP contribution in [0, 0.1) is 11.8 Å². The van der Waals surface area contributed by atoms with E-state index in [9.17, 15) is 0 Å². The van der Waals surface area contributed by atoms with Crippen molar-refractivity contribution in [3.05, 3.63) is 0 Å². The molecule has 1 heterocycles. The summed E-state index contributed by atoms with van der Waals surface area (Å²) in [6.07, 6.45) is 7.58. The molecule has 0 bridgehead atoms. The SMILES string of the molecule is CC(C)C(NN)C1CCOC2(CCCC2)C1. The maximum atomic E-state index is 6.06. The monoisotopic (exact) mass is 226 g/mol. The number of hydrazine groups is 1. The molecule has 2 aliphatic rings. The predicted octanol–water partition coefficient (Wildman–Crippen LogP) is 2.21. The van der Waals surface area contributed by atoms with Gasteiger partial charge in [0.1, 0.15) is 0 Å². The van der Waals surface area contributed by atoms with Gasteiger partial charge in [0.05, 0.1) is 5.60 Å². The van der Waals surface area contributed by atoms with Crippen molar-refractivity contribution in [1.82, 2.24) is 5.43 Å². The molecule has 1 aliphatic heterocycles. The Bertz CT molecular complexity index is 224. The minimum atomic E-state index is 0.215. The highest BCUT2D eigenvalue weighted by molar-refractivity contribution is 4.94. The van der Waals surface area contributed by atoms with Gasteiger partial charge in [0.15, 0.2) is 0 Å². The van der Waals surface area contributed by atoms with Gasteiger partial charge in [0.2, 0.25) is 0 Å². The quantitative estimate of drug-likeness (QED) is 0.573. The molecule has 2 rings (SSSR count). The van der Waals surface area contributed by atoms with Gasteiger partial charge in [0.25, 0.3) is 0 Å². The lowest BCUT2D eigenvalue weighted by Gasteiger charge is -2.42. The Labute approximate surface area is 99.1 Å². The Hall–Kier alpha value is -0.120. The number of ether oxygens (including phenoxy) is 1.